The molecule has 0 aromatic rings. The Morgan fingerprint density at radius 1 is 1.40 bits per heavy atom. The maximum absolute atomic E-state index is 11.9. The lowest BCUT2D eigenvalue weighted by molar-refractivity contribution is -0.174. The molecule has 1 aliphatic rings. The molecule has 118 valence electrons. The third kappa shape index (κ3) is 6.43. The topological polar surface area (TPSA) is 38.3 Å². The summed E-state index contributed by atoms with van der Waals surface area (Å²) in [5.74, 6) is 0.412. The van der Waals surface area contributed by atoms with Gasteiger partial charge in [0.25, 0.3) is 0 Å². The number of hydrogen-bond donors (Lipinski definition) is 1. The van der Waals surface area contributed by atoms with Crippen molar-refractivity contribution in [2.75, 3.05) is 18.5 Å². The second-order valence-electron chi connectivity index (χ2n) is 5.56. The molecule has 0 aromatic heterocycles. The van der Waals surface area contributed by atoms with Crippen molar-refractivity contribution >= 4 is 21.8 Å². The highest BCUT2D eigenvalue weighted by Gasteiger charge is 2.34. The van der Waals surface area contributed by atoms with Crippen molar-refractivity contribution in [3.05, 3.63) is 0 Å². The summed E-state index contributed by atoms with van der Waals surface area (Å²) in [6.07, 6.45) is -0.483. The standard InChI is InChI=1S/C13H21BrF3NO2/c1-10-2-5-12(8-14,6-3-10)18-11(19)4-7-20-9-13(15,16)17/h10H,2-9H2,1H3,(H,18,19). The van der Waals surface area contributed by atoms with Crippen LogP contribution < -0.4 is 5.32 Å². The Balaban J connectivity index is 2.29. The van der Waals surface area contributed by atoms with Crippen molar-refractivity contribution in [3.8, 4) is 0 Å². The molecule has 1 amide bonds. The van der Waals surface area contributed by atoms with E-state index < -0.39 is 12.8 Å². The number of rotatable bonds is 6. The summed E-state index contributed by atoms with van der Waals surface area (Å²) >= 11 is 3.43. The molecule has 0 unspecified atom stereocenters. The molecule has 7 heteroatoms. The van der Waals surface area contributed by atoms with Crippen LogP contribution in [-0.4, -0.2) is 36.2 Å². The first-order valence-corrected chi connectivity index (χ1v) is 7.90. The first-order chi connectivity index (χ1) is 9.26. The molecule has 0 heterocycles. The van der Waals surface area contributed by atoms with Crippen LogP contribution in [0.1, 0.15) is 39.0 Å². The molecule has 1 fully saturated rings. The van der Waals surface area contributed by atoms with Gasteiger partial charge < -0.3 is 10.1 Å². The summed E-state index contributed by atoms with van der Waals surface area (Å²) in [4.78, 5) is 11.8. The molecule has 0 aliphatic heterocycles. The summed E-state index contributed by atoms with van der Waals surface area (Å²) in [6, 6.07) is 0. The summed E-state index contributed by atoms with van der Waals surface area (Å²) in [7, 11) is 0. The third-order valence-corrected chi connectivity index (χ3v) is 4.70. The van der Waals surface area contributed by atoms with Gasteiger partial charge in [-0.2, -0.15) is 13.2 Å². The highest BCUT2D eigenvalue weighted by Crippen LogP contribution is 2.33. The molecular formula is C13H21BrF3NO2. The van der Waals surface area contributed by atoms with E-state index in [4.69, 9.17) is 0 Å². The highest BCUT2D eigenvalue weighted by atomic mass is 79.9. The molecule has 20 heavy (non-hydrogen) atoms. The lowest BCUT2D eigenvalue weighted by atomic mass is 9.78. The van der Waals surface area contributed by atoms with E-state index in [-0.39, 0.29) is 24.5 Å². The van der Waals surface area contributed by atoms with Gasteiger partial charge in [-0.3, -0.25) is 4.79 Å². The minimum Gasteiger partial charge on any atom is -0.372 e. The first kappa shape index (κ1) is 17.8. The van der Waals surface area contributed by atoms with Gasteiger partial charge in [0.05, 0.1) is 6.61 Å². The summed E-state index contributed by atoms with van der Waals surface area (Å²) in [5.41, 5.74) is -0.256. The van der Waals surface area contributed by atoms with Crippen molar-refractivity contribution in [3.63, 3.8) is 0 Å². The number of alkyl halides is 4. The van der Waals surface area contributed by atoms with Crippen LogP contribution in [0, 0.1) is 5.92 Å². The zero-order valence-corrected chi connectivity index (χ0v) is 13.1. The largest absolute Gasteiger partial charge is 0.411 e. The normalized spacial score (nSPS) is 27.4. The van der Waals surface area contributed by atoms with E-state index in [1.807, 2.05) is 0 Å². The van der Waals surface area contributed by atoms with Gasteiger partial charge in [0.2, 0.25) is 5.91 Å². The van der Waals surface area contributed by atoms with Crippen LogP contribution in [-0.2, 0) is 9.53 Å². The predicted octanol–water partition coefficient (Wildman–Crippen LogP) is 3.42. The maximum atomic E-state index is 11.9. The second kappa shape index (κ2) is 7.64. The van der Waals surface area contributed by atoms with Gasteiger partial charge in [0.15, 0.2) is 0 Å². The minimum absolute atomic E-state index is 0.0413. The lowest BCUT2D eigenvalue weighted by Crippen LogP contribution is -2.52. The average Bonchev–Trinajstić information content (AvgIpc) is 2.37. The fourth-order valence-electron chi connectivity index (χ4n) is 2.32. The molecular weight excluding hydrogens is 339 g/mol. The molecule has 0 aromatic carbocycles. The Kier molecular flexibility index (Phi) is 6.78. The Morgan fingerprint density at radius 3 is 2.50 bits per heavy atom. The molecule has 0 spiro atoms. The van der Waals surface area contributed by atoms with E-state index in [0.717, 1.165) is 25.7 Å². The van der Waals surface area contributed by atoms with Crippen LogP contribution in [0.5, 0.6) is 0 Å². The summed E-state index contributed by atoms with van der Waals surface area (Å²) in [6.45, 7) is 0.673. The van der Waals surface area contributed by atoms with Crippen LogP contribution in [0.3, 0.4) is 0 Å². The maximum Gasteiger partial charge on any atom is 0.411 e. The van der Waals surface area contributed by atoms with Crippen LogP contribution >= 0.6 is 15.9 Å². The van der Waals surface area contributed by atoms with Gasteiger partial charge in [-0.1, -0.05) is 22.9 Å². The van der Waals surface area contributed by atoms with Gasteiger partial charge in [0, 0.05) is 17.3 Å². The fourth-order valence-corrected chi connectivity index (χ4v) is 3.02. The highest BCUT2D eigenvalue weighted by molar-refractivity contribution is 9.09. The van der Waals surface area contributed by atoms with Crippen LogP contribution in [0.2, 0.25) is 0 Å². The number of ether oxygens (including phenoxy) is 1. The smallest absolute Gasteiger partial charge is 0.372 e. The number of carbonyl (C=O) groups excluding carboxylic acids is 1. The molecule has 3 nitrogen and oxygen atoms in total. The zero-order valence-electron chi connectivity index (χ0n) is 11.6. The van der Waals surface area contributed by atoms with Crippen molar-refractivity contribution in [1.29, 1.82) is 0 Å². The van der Waals surface area contributed by atoms with Crippen LogP contribution in [0.25, 0.3) is 0 Å². The van der Waals surface area contributed by atoms with Gasteiger partial charge in [-0.05, 0) is 31.6 Å². The third-order valence-electron chi connectivity index (χ3n) is 3.63. The molecule has 1 saturated carbocycles. The van der Waals surface area contributed by atoms with Gasteiger partial charge in [0.1, 0.15) is 6.61 Å². The molecule has 1 aliphatic carbocycles. The van der Waals surface area contributed by atoms with E-state index in [9.17, 15) is 18.0 Å². The molecule has 0 radical (unpaired) electrons. The lowest BCUT2D eigenvalue weighted by Gasteiger charge is -2.39. The van der Waals surface area contributed by atoms with E-state index in [1.54, 1.807) is 0 Å². The molecule has 0 saturated heterocycles. The molecule has 1 N–H and O–H groups in total. The van der Waals surface area contributed by atoms with Crippen molar-refractivity contribution < 1.29 is 22.7 Å². The van der Waals surface area contributed by atoms with E-state index >= 15 is 0 Å². The first-order valence-electron chi connectivity index (χ1n) is 6.78. The second-order valence-corrected chi connectivity index (χ2v) is 6.12. The van der Waals surface area contributed by atoms with Crippen LogP contribution in [0.4, 0.5) is 13.2 Å². The number of amides is 1. The Bertz CT molecular complexity index is 315. The zero-order chi connectivity index (χ0) is 15.2. The van der Waals surface area contributed by atoms with Crippen molar-refractivity contribution in [1.82, 2.24) is 5.32 Å². The fraction of sp³-hybridized carbons (Fsp3) is 0.923. The summed E-state index contributed by atoms with van der Waals surface area (Å²) < 4.78 is 40.1. The molecule has 0 bridgehead atoms. The Hall–Kier alpha value is -0.300. The van der Waals surface area contributed by atoms with Crippen molar-refractivity contribution in [2.24, 2.45) is 5.92 Å². The minimum atomic E-state index is -4.34. The number of nitrogens with one attached hydrogen (secondary N) is 1. The molecule has 1 rings (SSSR count). The predicted molar refractivity (Wildman–Crippen MR) is 73.8 cm³/mol. The van der Waals surface area contributed by atoms with E-state index in [1.165, 1.54) is 0 Å². The monoisotopic (exact) mass is 359 g/mol. The Morgan fingerprint density at radius 2 is 2.00 bits per heavy atom. The SMILES string of the molecule is CC1CCC(CBr)(NC(=O)CCOCC(F)(F)F)CC1. The van der Waals surface area contributed by atoms with Crippen molar-refractivity contribution in [2.45, 2.75) is 50.7 Å². The molecule has 0 atom stereocenters. The quantitative estimate of drug-likeness (QED) is 0.582. The van der Waals surface area contributed by atoms with E-state index in [0.29, 0.717) is 11.2 Å². The number of carbonyl (C=O) groups is 1. The van der Waals surface area contributed by atoms with E-state index in [2.05, 4.69) is 32.9 Å². The van der Waals surface area contributed by atoms with Gasteiger partial charge >= 0.3 is 6.18 Å². The van der Waals surface area contributed by atoms with Gasteiger partial charge in [-0.15, -0.1) is 0 Å². The number of hydrogen-bond acceptors (Lipinski definition) is 2. The number of halogens is 4. The van der Waals surface area contributed by atoms with Gasteiger partial charge in [-0.25, -0.2) is 0 Å². The summed E-state index contributed by atoms with van der Waals surface area (Å²) in [5, 5.41) is 3.62. The van der Waals surface area contributed by atoms with Crippen LogP contribution in [0.15, 0.2) is 0 Å². The Labute approximate surface area is 125 Å². The average molecular weight is 360 g/mol.